The van der Waals surface area contributed by atoms with E-state index in [1.54, 1.807) is 23.9 Å². The van der Waals surface area contributed by atoms with E-state index in [2.05, 4.69) is 20.4 Å². The van der Waals surface area contributed by atoms with E-state index in [9.17, 15) is 18.0 Å². The number of fused-ring (bicyclic) bond motifs is 1. The summed E-state index contributed by atoms with van der Waals surface area (Å²) < 4.78 is 40.4. The fourth-order valence-corrected chi connectivity index (χ4v) is 3.70. The molecule has 4 rings (SSSR count). The van der Waals surface area contributed by atoms with Crippen molar-refractivity contribution in [3.05, 3.63) is 65.5 Å². The van der Waals surface area contributed by atoms with Crippen LogP contribution in [0.5, 0.6) is 0 Å². The molecule has 0 aliphatic carbocycles. The number of anilines is 2. The van der Waals surface area contributed by atoms with Crippen LogP contribution in [0.25, 0.3) is 22.3 Å². The minimum atomic E-state index is -4.46. The molecule has 3 N–H and O–H groups in total. The SMILES string of the molecule is CCc1cc(-c2nn(C)c3ncnc(N)c23)ccc1NC(=O)Cc1cccc(C(F)(F)F)c1. The van der Waals surface area contributed by atoms with E-state index in [1.807, 2.05) is 13.0 Å². The molecule has 0 aliphatic heterocycles. The number of amides is 1. The Labute approximate surface area is 187 Å². The van der Waals surface area contributed by atoms with Gasteiger partial charge < -0.3 is 11.1 Å². The van der Waals surface area contributed by atoms with Crippen molar-refractivity contribution in [2.24, 2.45) is 7.05 Å². The Morgan fingerprint density at radius 3 is 2.67 bits per heavy atom. The number of alkyl halides is 3. The van der Waals surface area contributed by atoms with Crippen molar-refractivity contribution in [1.29, 1.82) is 0 Å². The molecule has 2 aromatic heterocycles. The highest BCUT2D eigenvalue weighted by Crippen LogP contribution is 2.32. The van der Waals surface area contributed by atoms with E-state index >= 15 is 0 Å². The lowest BCUT2D eigenvalue weighted by Crippen LogP contribution is -2.16. The van der Waals surface area contributed by atoms with Crippen LogP contribution in [0.3, 0.4) is 0 Å². The number of rotatable bonds is 5. The number of nitrogens with one attached hydrogen (secondary N) is 1. The average Bonchev–Trinajstić information content (AvgIpc) is 3.11. The Morgan fingerprint density at radius 1 is 1.15 bits per heavy atom. The van der Waals surface area contributed by atoms with Gasteiger partial charge in [-0.2, -0.15) is 18.3 Å². The highest BCUT2D eigenvalue weighted by Gasteiger charge is 2.30. The van der Waals surface area contributed by atoms with Crippen LogP contribution in [0.15, 0.2) is 48.8 Å². The number of hydrogen-bond donors (Lipinski definition) is 2. The predicted molar refractivity (Wildman–Crippen MR) is 119 cm³/mol. The molecular weight excluding hydrogens is 433 g/mol. The number of carbonyl (C=O) groups excluding carboxylic acids is 1. The predicted octanol–water partition coefficient (Wildman–Crippen LogP) is 4.37. The molecule has 0 spiro atoms. The minimum Gasteiger partial charge on any atom is -0.383 e. The average molecular weight is 454 g/mol. The molecule has 0 aliphatic rings. The van der Waals surface area contributed by atoms with E-state index in [0.29, 0.717) is 34.7 Å². The van der Waals surface area contributed by atoms with Crippen LogP contribution in [-0.4, -0.2) is 25.7 Å². The van der Waals surface area contributed by atoms with Crippen molar-refractivity contribution in [2.45, 2.75) is 25.9 Å². The lowest BCUT2D eigenvalue weighted by molar-refractivity contribution is -0.137. The van der Waals surface area contributed by atoms with Gasteiger partial charge in [-0.25, -0.2) is 14.6 Å². The fraction of sp³-hybridized carbons (Fsp3) is 0.217. The molecule has 0 bridgehead atoms. The molecule has 0 atom stereocenters. The Kier molecular flexibility index (Phi) is 5.75. The number of aryl methyl sites for hydroxylation is 2. The van der Waals surface area contributed by atoms with Gasteiger partial charge in [0, 0.05) is 18.3 Å². The van der Waals surface area contributed by atoms with Crippen LogP contribution in [-0.2, 0) is 30.9 Å². The van der Waals surface area contributed by atoms with Crippen molar-refractivity contribution < 1.29 is 18.0 Å². The van der Waals surface area contributed by atoms with Crippen molar-refractivity contribution in [3.8, 4) is 11.3 Å². The van der Waals surface area contributed by atoms with Crippen LogP contribution < -0.4 is 11.1 Å². The molecule has 0 saturated carbocycles. The summed E-state index contributed by atoms with van der Waals surface area (Å²) in [5.74, 6) is -0.0858. The van der Waals surface area contributed by atoms with Gasteiger partial charge in [0.15, 0.2) is 5.65 Å². The zero-order chi connectivity index (χ0) is 23.8. The summed E-state index contributed by atoms with van der Waals surface area (Å²) in [7, 11) is 1.77. The number of halogens is 3. The number of aromatic nitrogens is 4. The Balaban J connectivity index is 1.59. The normalized spacial score (nSPS) is 11.7. The largest absolute Gasteiger partial charge is 0.416 e. The minimum absolute atomic E-state index is 0.173. The van der Waals surface area contributed by atoms with Gasteiger partial charge in [0.25, 0.3) is 0 Å². The molecule has 170 valence electrons. The molecule has 2 heterocycles. The van der Waals surface area contributed by atoms with E-state index in [-0.39, 0.29) is 12.0 Å². The summed E-state index contributed by atoms with van der Waals surface area (Å²) >= 11 is 0. The Hall–Kier alpha value is -3.95. The standard InChI is InChI=1S/C23H21F3N6O/c1-3-14-11-15(20-19-21(27)28-12-29-22(19)32(2)31-20)7-8-17(14)30-18(33)10-13-5-4-6-16(9-13)23(24,25)26/h4-9,11-12H,3,10H2,1-2H3,(H,30,33)(H2,27,28,29). The molecular formula is C23H21F3N6O. The van der Waals surface area contributed by atoms with Crippen molar-refractivity contribution >= 4 is 28.4 Å². The zero-order valence-corrected chi connectivity index (χ0v) is 17.9. The van der Waals surface area contributed by atoms with Crippen LogP contribution in [0, 0.1) is 0 Å². The molecule has 7 nitrogen and oxygen atoms in total. The van der Waals surface area contributed by atoms with Crippen LogP contribution in [0.1, 0.15) is 23.6 Å². The van der Waals surface area contributed by atoms with Crippen LogP contribution in [0.2, 0.25) is 0 Å². The number of nitrogens with zero attached hydrogens (tertiary/aromatic N) is 4. The summed E-state index contributed by atoms with van der Waals surface area (Å²) in [6.45, 7) is 1.94. The first-order valence-electron chi connectivity index (χ1n) is 10.2. The second kappa shape index (κ2) is 8.53. The smallest absolute Gasteiger partial charge is 0.383 e. The number of carbonyl (C=O) groups is 1. The Morgan fingerprint density at radius 2 is 1.94 bits per heavy atom. The molecule has 0 saturated heterocycles. The maximum Gasteiger partial charge on any atom is 0.416 e. The molecule has 0 fully saturated rings. The first-order chi connectivity index (χ1) is 15.7. The van der Waals surface area contributed by atoms with Gasteiger partial charge in [-0.1, -0.05) is 31.2 Å². The number of nitrogens with two attached hydrogens (primary N) is 1. The summed E-state index contributed by atoms with van der Waals surface area (Å²) in [4.78, 5) is 20.8. The van der Waals surface area contributed by atoms with Gasteiger partial charge in [-0.05, 0) is 35.7 Å². The maximum atomic E-state index is 12.9. The third-order valence-corrected chi connectivity index (χ3v) is 5.30. The lowest BCUT2D eigenvalue weighted by Gasteiger charge is -2.12. The number of benzene rings is 2. The summed E-state index contributed by atoms with van der Waals surface area (Å²) in [6, 6.07) is 10.2. The van der Waals surface area contributed by atoms with E-state index < -0.39 is 17.6 Å². The van der Waals surface area contributed by atoms with Gasteiger partial charge in [0.1, 0.15) is 17.8 Å². The van der Waals surface area contributed by atoms with Gasteiger partial charge in [-0.15, -0.1) is 0 Å². The van der Waals surface area contributed by atoms with Crippen molar-refractivity contribution in [1.82, 2.24) is 19.7 Å². The van der Waals surface area contributed by atoms with Crippen LogP contribution >= 0.6 is 0 Å². The molecule has 4 aromatic rings. The van der Waals surface area contributed by atoms with Crippen molar-refractivity contribution in [2.75, 3.05) is 11.1 Å². The third-order valence-electron chi connectivity index (χ3n) is 5.30. The topological polar surface area (TPSA) is 98.7 Å². The van der Waals surface area contributed by atoms with Gasteiger partial charge in [0.2, 0.25) is 5.91 Å². The van der Waals surface area contributed by atoms with Gasteiger partial charge in [-0.3, -0.25) is 4.79 Å². The van der Waals surface area contributed by atoms with Crippen LogP contribution in [0.4, 0.5) is 24.7 Å². The lowest BCUT2D eigenvalue weighted by atomic mass is 10.0. The quantitative estimate of drug-likeness (QED) is 0.467. The van der Waals surface area contributed by atoms with E-state index in [0.717, 1.165) is 23.3 Å². The van der Waals surface area contributed by atoms with E-state index in [4.69, 9.17) is 5.73 Å². The molecule has 0 radical (unpaired) electrons. The molecule has 1 amide bonds. The first kappa shape index (κ1) is 22.3. The highest BCUT2D eigenvalue weighted by molar-refractivity contribution is 5.99. The summed E-state index contributed by atoms with van der Waals surface area (Å²) in [5.41, 5.74) is 9.01. The van der Waals surface area contributed by atoms with Gasteiger partial charge in [0.05, 0.1) is 17.4 Å². The summed E-state index contributed by atoms with van der Waals surface area (Å²) in [6.07, 6.45) is -2.64. The molecule has 33 heavy (non-hydrogen) atoms. The first-order valence-corrected chi connectivity index (χ1v) is 10.2. The number of hydrogen-bond acceptors (Lipinski definition) is 5. The van der Waals surface area contributed by atoms with Crippen molar-refractivity contribution in [3.63, 3.8) is 0 Å². The molecule has 2 aromatic carbocycles. The second-order valence-electron chi connectivity index (χ2n) is 7.58. The van der Waals surface area contributed by atoms with E-state index in [1.165, 1.54) is 18.5 Å². The fourth-order valence-electron chi connectivity index (χ4n) is 3.70. The monoisotopic (exact) mass is 454 g/mol. The molecule has 10 heteroatoms. The third kappa shape index (κ3) is 4.50. The zero-order valence-electron chi connectivity index (χ0n) is 17.9. The number of nitrogen functional groups attached to an aromatic ring is 1. The summed E-state index contributed by atoms with van der Waals surface area (Å²) in [5, 5.41) is 7.97. The Bertz CT molecular complexity index is 1350. The maximum absolute atomic E-state index is 12.9. The second-order valence-corrected chi connectivity index (χ2v) is 7.58. The highest BCUT2D eigenvalue weighted by atomic mass is 19.4. The molecule has 0 unspecified atom stereocenters. The van der Waals surface area contributed by atoms with Gasteiger partial charge >= 0.3 is 6.18 Å².